The van der Waals surface area contributed by atoms with Gasteiger partial charge in [0.25, 0.3) is 5.91 Å². The van der Waals surface area contributed by atoms with Crippen molar-refractivity contribution in [1.29, 1.82) is 0 Å². The highest BCUT2D eigenvalue weighted by Crippen LogP contribution is 2.32. The third kappa shape index (κ3) is 10.3. The van der Waals surface area contributed by atoms with Gasteiger partial charge in [0.1, 0.15) is 16.8 Å². The van der Waals surface area contributed by atoms with Gasteiger partial charge < -0.3 is 19.1 Å². The van der Waals surface area contributed by atoms with E-state index in [1.54, 1.807) is 64.6 Å². The third-order valence-electron chi connectivity index (χ3n) is 5.52. The van der Waals surface area contributed by atoms with E-state index in [2.05, 4.69) is 21.2 Å². The number of nitrogens with zero attached hydrogens (tertiary/aromatic N) is 1. The molecule has 1 aromatic carbocycles. The van der Waals surface area contributed by atoms with E-state index >= 15 is 0 Å². The minimum Gasteiger partial charge on any atom is -0.460 e. The van der Waals surface area contributed by atoms with Crippen LogP contribution in [0.25, 0.3) is 0 Å². The average Bonchev–Trinajstić information content (AvgIpc) is 3.19. The van der Waals surface area contributed by atoms with Crippen molar-refractivity contribution in [3.63, 3.8) is 0 Å². The Kier molecular flexibility index (Phi) is 10.0. The van der Waals surface area contributed by atoms with Crippen LogP contribution in [0.4, 0.5) is 9.59 Å². The highest BCUT2D eigenvalue weighted by atomic mass is 79.9. The van der Waals surface area contributed by atoms with Gasteiger partial charge in [0.15, 0.2) is 0 Å². The lowest BCUT2D eigenvalue weighted by molar-refractivity contribution is -0.162. The van der Waals surface area contributed by atoms with E-state index < -0.39 is 40.8 Å². The number of amides is 3. The molecule has 0 spiro atoms. The van der Waals surface area contributed by atoms with Crippen LogP contribution >= 0.6 is 15.9 Å². The predicted octanol–water partition coefficient (Wildman–Crippen LogP) is 5.87. The van der Waals surface area contributed by atoms with E-state index in [9.17, 15) is 19.2 Å². The molecule has 0 radical (unpaired) electrons. The SMILES string of the molecule is CC(C)(C)OC(=O)NC(=O)c1ccc(Br)c(C[C@H](C(=O)OC(C)(C)C)[C@H]2CCN(C(=O)OC(C)(C)C)C2)c1. The van der Waals surface area contributed by atoms with Crippen LogP contribution in [-0.2, 0) is 25.4 Å². The zero-order valence-electron chi connectivity index (χ0n) is 23.9. The van der Waals surface area contributed by atoms with Crippen molar-refractivity contribution < 1.29 is 33.4 Å². The minimum atomic E-state index is -0.841. The van der Waals surface area contributed by atoms with Crippen LogP contribution < -0.4 is 5.32 Å². The van der Waals surface area contributed by atoms with E-state index in [-0.39, 0.29) is 23.9 Å². The number of halogens is 1. The molecule has 2 atom stereocenters. The van der Waals surface area contributed by atoms with Crippen molar-refractivity contribution >= 4 is 40.0 Å². The Labute approximate surface area is 234 Å². The number of imide groups is 1. The van der Waals surface area contributed by atoms with E-state index in [1.807, 2.05) is 20.8 Å². The van der Waals surface area contributed by atoms with E-state index in [4.69, 9.17) is 14.2 Å². The lowest BCUT2D eigenvalue weighted by Crippen LogP contribution is -2.38. The summed E-state index contributed by atoms with van der Waals surface area (Å²) < 4.78 is 17.1. The number of rotatable bonds is 5. The number of nitrogens with one attached hydrogen (secondary N) is 1. The van der Waals surface area contributed by atoms with E-state index in [1.165, 1.54) is 0 Å². The first-order valence-corrected chi connectivity index (χ1v) is 13.6. The Morgan fingerprint density at radius 2 is 1.53 bits per heavy atom. The van der Waals surface area contributed by atoms with Gasteiger partial charge >= 0.3 is 18.2 Å². The van der Waals surface area contributed by atoms with Crippen LogP contribution in [0.3, 0.4) is 0 Å². The molecule has 1 fully saturated rings. The fourth-order valence-corrected chi connectivity index (χ4v) is 4.41. The number of carbonyl (C=O) groups excluding carboxylic acids is 4. The van der Waals surface area contributed by atoms with Gasteiger partial charge in [-0.15, -0.1) is 0 Å². The maximum absolute atomic E-state index is 13.4. The number of carbonyl (C=O) groups is 4. The molecule has 0 aromatic heterocycles. The second-order valence-corrected chi connectivity index (χ2v) is 13.4. The van der Waals surface area contributed by atoms with Crippen molar-refractivity contribution in [2.75, 3.05) is 13.1 Å². The molecule has 1 aromatic rings. The topological polar surface area (TPSA) is 111 Å². The molecule has 0 unspecified atom stereocenters. The molecule has 2 rings (SSSR count). The van der Waals surface area contributed by atoms with Crippen molar-refractivity contribution in [1.82, 2.24) is 10.2 Å². The highest BCUT2D eigenvalue weighted by Gasteiger charge is 2.39. The molecule has 9 nitrogen and oxygen atoms in total. The Bertz CT molecular complexity index is 1050. The van der Waals surface area contributed by atoms with Crippen LogP contribution in [0.15, 0.2) is 22.7 Å². The summed E-state index contributed by atoms with van der Waals surface area (Å²) in [6.45, 7) is 16.8. The van der Waals surface area contributed by atoms with Gasteiger partial charge in [-0.3, -0.25) is 14.9 Å². The molecule has 1 heterocycles. The molecule has 1 aliphatic rings. The standard InChI is InChI=1S/C28H41BrN2O7/c1-26(2,3)36-23(33)20(18-12-13-31(16-18)25(35)38-28(7,8)9)15-19-14-17(10-11-21(19)29)22(32)30-24(34)37-27(4,5)6/h10-11,14,18,20H,12-13,15-16H2,1-9H3,(H,30,32,34)/t18-,20-/m0/s1. The van der Waals surface area contributed by atoms with Crippen molar-refractivity contribution in [3.05, 3.63) is 33.8 Å². The van der Waals surface area contributed by atoms with Crippen LogP contribution in [0.5, 0.6) is 0 Å². The summed E-state index contributed by atoms with van der Waals surface area (Å²) in [6.07, 6.45) is -0.369. The van der Waals surface area contributed by atoms with Gasteiger partial charge in [-0.25, -0.2) is 9.59 Å². The minimum absolute atomic E-state index is 0.163. The lowest BCUT2D eigenvalue weighted by Gasteiger charge is -2.28. The molecule has 1 aliphatic heterocycles. The number of alkyl carbamates (subject to hydrolysis) is 1. The number of likely N-dealkylation sites (tertiary alicyclic amines) is 1. The second-order valence-electron chi connectivity index (χ2n) is 12.6. The van der Waals surface area contributed by atoms with E-state index in [0.717, 1.165) is 0 Å². The Balaban J connectivity index is 2.27. The normalized spacial score (nSPS) is 17.0. The van der Waals surface area contributed by atoms with Gasteiger partial charge in [-0.2, -0.15) is 0 Å². The van der Waals surface area contributed by atoms with Crippen LogP contribution in [-0.4, -0.2) is 58.9 Å². The maximum Gasteiger partial charge on any atom is 0.414 e. The molecule has 1 N–H and O–H groups in total. The molecule has 212 valence electrons. The number of esters is 1. The van der Waals surface area contributed by atoms with Crippen molar-refractivity contribution in [2.24, 2.45) is 11.8 Å². The zero-order valence-corrected chi connectivity index (χ0v) is 25.5. The molecule has 0 saturated carbocycles. The van der Waals surface area contributed by atoms with Crippen LogP contribution in [0.1, 0.15) is 84.7 Å². The molecule has 0 bridgehead atoms. The summed E-state index contributed by atoms with van der Waals surface area (Å²) in [5.74, 6) is -1.71. The molecular weight excluding hydrogens is 556 g/mol. The first-order valence-electron chi connectivity index (χ1n) is 12.8. The Morgan fingerprint density at radius 1 is 0.947 bits per heavy atom. The smallest absolute Gasteiger partial charge is 0.414 e. The van der Waals surface area contributed by atoms with Crippen molar-refractivity contribution in [3.8, 4) is 0 Å². The number of hydrogen-bond donors (Lipinski definition) is 1. The predicted molar refractivity (Wildman–Crippen MR) is 147 cm³/mol. The summed E-state index contributed by atoms with van der Waals surface area (Å²) in [7, 11) is 0. The number of ether oxygens (including phenoxy) is 3. The van der Waals surface area contributed by atoms with Gasteiger partial charge in [0.2, 0.25) is 0 Å². The molecule has 0 aliphatic carbocycles. The average molecular weight is 598 g/mol. The van der Waals surface area contributed by atoms with Crippen molar-refractivity contribution in [2.45, 2.75) is 92.0 Å². The Morgan fingerprint density at radius 3 is 2.08 bits per heavy atom. The summed E-state index contributed by atoms with van der Waals surface area (Å²) in [5.41, 5.74) is -1.10. The monoisotopic (exact) mass is 596 g/mol. The first kappa shape index (κ1) is 31.6. The molecule has 1 saturated heterocycles. The van der Waals surface area contributed by atoms with Crippen LogP contribution in [0, 0.1) is 11.8 Å². The summed E-state index contributed by atoms with van der Waals surface area (Å²) in [4.78, 5) is 52.4. The summed E-state index contributed by atoms with van der Waals surface area (Å²) in [6, 6.07) is 4.92. The van der Waals surface area contributed by atoms with Gasteiger partial charge in [-0.05, 0) is 105 Å². The summed E-state index contributed by atoms with van der Waals surface area (Å²) in [5, 5.41) is 2.23. The van der Waals surface area contributed by atoms with E-state index in [0.29, 0.717) is 29.5 Å². The third-order valence-corrected chi connectivity index (χ3v) is 6.29. The largest absolute Gasteiger partial charge is 0.460 e. The first-order chi connectivity index (χ1) is 17.2. The lowest BCUT2D eigenvalue weighted by atomic mass is 9.85. The summed E-state index contributed by atoms with van der Waals surface area (Å²) >= 11 is 3.53. The molecule has 10 heteroatoms. The molecule has 3 amide bonds. The van der Waals surface area contributed by atoms with Gasteiger partial charge in [-0.1, -0.05) is 15.9 Å². The quantitative estimate of drug-likeness (QED) is 0.334. The van der Waals surface area contributed by atoms with Gasteiger partial charge in [0.05, 0.1) is 5.92 Å². The maximum atomic E-state index is 13.4. The molecular formula is C28H41BrN2O7. The number of benzene rings is 1. The highest BCUT2D eigenvalue weighted by molar-refractivity contribution is 9.10. The zero-order chi connectivity index (χ0) is 29.1. The fraction of sp³-hybridized carbons (Fsp3) is 0.643. The Hall–Kier alpha value is -2.62. The number of hydrogen-bond acceptors (Lipinski definition) is 7. The van der Waals surface area contributed by atoms with Gasteiger partial charge in [0, 0.05) is 23.1 Å². The second kappa shape index (κ2) is 12.1. The van der Waals surface area contributed by atoms with Crippen LogP contribution in [0.2, 0.25) is 0 Å². The molecule has 38 heavy (non-hydrogen) atoms. The fourth-order valence-electron chi connectivity index (χ4n) is 4.01.